The minimum Gasteiger partial charge on any atom is -0.318 e. The van der Waals surface area contributed by atoms with Gasteiger partial charge in [0.05, 0.1) is 10.6 Å². The van der Waals surface area contributed by atoms with Gasteiger partial charge in [0.2, 0.25) is 5.17 Å². The van der Waals surface area contributed by atoms with Crippen molar-refractivity contribution in [3.8, 4) is 5.69 Å². The van der Waals surface area contributed by atoms with Gasteiger partial charge >= 0.3 is 0 Å². The van der Waals surface area contributed by atoms with E-state index in [0.29, 0.717) is 11.1 Å². The molecule has 0 unspecified atom stereocenters. The molecule has 1 amide bonds. The summed E-state index contributed by atoms with van der Waals surface area (Å²) in [7, 11) is 0. The monoisotopic (exact) mass is 405 g/mol. The van der Waals surface area contributed by atoms with E-state index in [1.54, 1.807) is 6.08 Å². The summed E-state index contributed by atoms with van der Waals surface area (Å²) in [6.07, 6.45) is 1.75. The van der Waals surface area contributed by atoms with E-state index in [2.05, 4.69) is 52.8 Å². The number of carbonyl (C=O) groups excluding carboxylic acids is 1. The summed E-state index contributed by atoms with van der Waals surface area (Å²) in [5.41, 5.74) is 5.61. The number of aromatic nitrogens is 1. The van der Waals surface area contributed by atoms with Crippen molar-refractivity contribution in [2.75, 3.05) is 0 Å². The molecule has 0 spiro atoms. The van der Waals surface area contributed by atoms with Crippen LogP contribution in [0.2, 0.25) is 0 Å². The maximum Gasteiger partial charge on any atom is 0.283 e. The maximum atomic E-state index is 12.5. The quantitative estimate of drug-likeness (QED) is 0.741. The third kappa shape index (κ3) is 3.35. The molecule has 0 aliphatic carbocycles. The van der Waals surface area contributed by atoms with Gasteiger partial charge in [-0.1, -0.05) is 26.0 Å². The Hall–Kier alpha value is -2.93. The van der Waals surface area contributed by atoms with Crippen molar-refractivity contribution < 1.29 is 4.79 Å². The Morgan fingerprint density at radius 3 is 2.48 bits per heavy atom. The zero-order valence-corrected chi connectivity index (χ0v) is 18.0. The van der Waals surface area contributed by atoms with Crippen LogP contribution in [0.5, 0.6) is 0 Å². The standard InChI is InChI=1S/C22H23N5OS/c1-12(2)16-6-8-18(9-7-16)26-13(3)10-17(14(26)4)11-19-20(23)27-22(24-21(19)28)29-15(5)25-27/h6-12,23H,1-5H3/b19-11-,23-20?. The van der Waals surface area contributed by atoms with Gasteiger partial charge in [0, 0.05) is 17.1 Å². The molecule has 1 N–H and O–H groups in total. The van der Waals surface area contributed by atoms with Gasteiger partial charge in [0.25, 0.3) is 5.91 Å². The summed E-state index contributed by atoms with van der Waals surface area (Å²) in [4.78, 5) is 16.6. The van der Waals surface area contributed by atoms with Crippen LogP contribution in [-0.2, 0) is 4.79 Å². The minimum absolute atomic E-state index is 0.0652. The van der Waals surface area contributed by atoms with Crippen LogP contribution in [0.25, 0.3) is 11.8 Å². The number of nitrogens with zero attached hydrogens (tertiary/aromatic N) is 4. The number of hydrazone groups is 1. The van der Waals surface area contributed by atoms with Gasteiger partial charge in [-0.15, -0.1) is 0 Å². The highest BCUT2D eigenvalue weighted by Gasteiger charge is 2.34. The molecule has 7 heteroatoms. The van der Waals surface area contributed by atoms with Gasteiger partial charge in [0.15, 0.2) is 5.84 Å². The average Bonchev–Trinajstić information content (AvgIpc) is 3.17. The fourth-order valence-electron chi connectivity index (χ4n) is 3.58. The van der Waals surface area contributed by atoms with Crippen molar-refractivity contribution in [2.24, 2.45) is 10.1 Å². The number of nitrogens with one attached hydrogen (secondary N) is 1. The lowest BCUT2D eigenvalue weighted by Gasteiger charge is -2.20. The van der Waals surface area contributed by atoms with Crippen molar-refractivity contribution in [3.63, 3.8) is 0 Å². The maximum absolute atomic E-state index is 12.5. The SMILES string of the molecule is CC1=NN2C(=N)/C(=C/c3cc(C)n(-c4ccc(C(C)C)cc4)c3C)C(=O)N=C2S1. The number of thioether (sulfide) groups is 1. The van der Waals surface area contributed by atoms with Crippen molar-refractivity contribution in [3.05, 3.63) is 58.4 Å². The van der Waals surface area contributed by atoms with Crippen molar-refractivity contribution in [1.82, 2.24) is 9.58 Å². The Balaban J connectivity index is 1.73. The number of carbonyl (C=O) groups is 1. The Bertz CT molecular complexity index is 1120. The topological polar surface area (TPSA) is 73.8 Å². The molecule has 6 nitrogen and oxygen atoms in total. The molecule has 0 fully saturated rings. The minimum atomic E-state index is -0.398. The highest BCUT2D eigenvalue weighted by atomic mass is 32.2. The molecule has 0 radical (unpaired) electrons. The van der Waals surface area contributed by atoms with E-state index in [4.69, 9.17) is 5.41 Å². The van der Waals surface area contributed by atoms with Crippen molar-refractivity contribution in [1.29, 1.82) is 5.41 Å². The van der Waals surface area contributed by atoms with E-state index >= 15 is 0 Å². The molecule has 29 heavy (non-hydrogen) atoms. The first-order valence-electron chi connectivity index (χ1n) is 9.52. The summed E-state index contributed by atoms with van der Waals surface area (Å²) in [6.45, 7) is 10.3. The average molecular weight is 406 g/mol. The second-order valence-electron chi connectivity index (χ2n) is 7.55. The Labute approximate surface area is 174 Å². The van der Waals surface area contributed by atoms with Crippen LogP contribution in [0.15, 0.2) is 46.0 Å². The molecule has 0 saturated heterocycles. The van der Waals surface area contributed by atoms with Crippen LogP contribution in [0.1, 0.15) is 49.2 Å². The Morgan fingerprint density at radius 1 is 1.14 bits per heavy atom. The lowest BCUT2D eigenvalue weighted by atomic mass is 10.0. The van der Waals surface area contributed by atoms with E-state index in [9.17, 15) is 4.79 Å². The summed E-state index contributed by atoms with van der Waals surface area (Å²) >= 11 is 1.31. The van der Waals surface area contributed by atoms with E-state index in [0.717, 1.165) is 27.7 Å². The molecule has 2 aliphatic rings. The van der Waals surface area contributed by atoms with Crippen molar-refractivity contribution >= 4 is 39.8 Å². The predicted octanol–water partition coefficient (Wildman–Crippen LogP) is 4.86. The molecule has 1 aromatic heterocycles. The Morgan fingerprint density at radius 2 is 1.83 bits per heavy atom. The zero-order valence-electron chi connectivity index (χ0n) is 17.1. The number of aliphatic imine (C=N–C) groups is 1. The van der Waals surface area contributed by atoms with Crippen LogP contribution in [0.4, 0.5) is 0 Å². The summed E-state index contributed by atoms with van der Waals surface area (Å²) in [5, 5.41) is 15.4. The van der Waals surface area contributed by atoms with E-state index in [1.807, 2.05) is 26.8 Å². The van der Waals surface area contributed by atoms with E-state index in [1.165, 1.54) is 22.3 Å². The second kappa shape index (κ2) is 7.15. The summed E-state index contributed by atoms with van der Waals surface area (Å²) in [5.74, 6) is 0.153. The largest absolute Gasteiger partial charge is 0.318 e. The molecule has 2 aromatic rings. The normalized spacial score (nSPS) is 17.9. The summed E-state index contributed by atoms with van der Waals surface area (Å²) in [6, 6.07) is 10.6. The van der Waals surface area contributed by atoms with Gasteiger partial charge in [-0.2, -0.15) is 15.1 Å². The first kappa shape index (κ1) is 19.4. The smallest absolute Gasteiger partial charge is 0.283 e. The zero-order chi connectivity index (χ0) is 20.9. The molecule has 0 saturated carbocycles. The molecule has 3 heterocycles. The van der Waals surface area contributed by atoms with Crippen molar-refractivity contribution in [2.45, 2.75) is 40.5 Å². The molecule has 1 aromatic carbocycles. The lowest BCUT2D eigenvalue weighted by molar-refractivity contribution is -0.114. The van der Waals surface area contributed by atoms with Crippen LogP contribution in [0, 0.1) is 19.3 Å². The first-order chi connectivity index (χ1) is 13.8. The molecule has 2 aliphatic heterocycles. The van der Waals surface area contributed by atoms with Gasteiger partial charge < -0.3 is 4.57 Å². The fraction of sp³-hybridized carbons (Fsp3) is 0.273. The van der Waals surface area contributed by atoms with Gasteiger partial charge in [0.1, 0.15) is 0 Å². The van der Waals surface area contributed by atoms with Gasteiger partial charge in [-0.25, -0.2) is 0 Å². The van der Waals surface area contributed by atoms with Crippen LogP contribution >= 0.6 is 11.8 Å². The fourth-order valence-corrected chi connectivity index (χ4v) is 4.32. The molecular weight excluding hydrogens is 382 g/mol. The highest BCUT2D eigenvalue weighted by molar-refractivity contribution is 8.26. The van der Waals surface area contributed by atoms with Crippen LogP contribution < -0.4 is 0 Å². The van der Waals surface area contributed by atoms with E-state index < -0.39 is 5.91 Å². The number of hydrogen-bond acceptors (Lipinski definition) is 4. The number of hydrogen-bond donors (Lipinski definition) is 1. The lowest BCUT2D eigenvalue weighted by Crippen LogP contribution is -2.35. The number of fused-ring (bicyclic) bond motifs is 1. The predicted molar refractivity (Wildman–Crippen MR) is 120 cm³/mol. The van der Waals surface area contributed by atoms with Gasteiger partial charge in [-0.05, 0) is 73.9 Å². The first-order valence-corrected chi connectivity index (χ1v) is 10.3. The molecular formula is C22H23N5OS. The van der Waals surface area contributed by atoms with Gasteiger partial charge in [-0.3, -0.25) is 10.2 Å². The molecule has 0 bridgehead atoms. The number of benzene rings is 1. The number of amides is 1. The molecule has 0 atom stereocenters. The highest BCUT2D eigenvalue weighted by Crippen LogP contribution is 2.29. The Kier molecular flexibility index (Phi) is 4.78. The third-order valence-corrected chi connectivity index (χ3v) is 5.97. The third-order valence-electron chi connectivity index (χ3n) is 5.14. The second-order valence-corrected chi connectivity index (χ2v) is 8.71. The van der Waals surface area contributed by atoms with E-state index in [-0.39, 0.29) is 11.4 Å². The number of amidine groups is 2. The van der Waals surface area contributed by atoms with Crippen LogP contribution in [-0.4, -0.2) is 31.5 Å². The number of rotatable bonds is 3. The molecule has 4 rings (SSSR count). The number of aryl methyl sites for hydroxylation is 1. The molecule has 148 valence electrons. The van der Waals surface area contributed by atoms with Crippen LogP contribution in [0.3, 0.4) is 0 Å². The summed E-state index contributed by atoms with van der Waals surface area (Å²) < 4.78 is 2.16.